The third kappa shape index (κ3) is 5.48. The molecular weight excluding hydrogens is 465 g/mol. The summed E-state index contributed by atoms with van der Waals surface area (Å²) in [6, 6.07) is 13.4. The average Bonchev–Trinajstić information content (AvgIpc) is 3.22. The summed E-state index contributed by atoms with van der Waals surface area (Å²) in [5.41, 5.74) is 1.31. The van der Waals surface area contributed by atoms with E-state index in [1.807, 2.05) is 5.38 Å². The lowest BCUT2D eigenvalue weighted by atomic mass is 10.2. The first-order valence-electron chi connectivity index (χ1n) is 8.47. The van der Waals surface area contributed by atoms with Crippen molar-refractivity contribution in [1.29, 1.82) is 0 Å². The number of carbonyl (C=O) groups is 2. The Morgan fingerprint density at radius 2 is 1.73 bits per heavy atom. The fraction of sp³-hybridized carbons (Fsp3) is 0.0500. The van der Waals surface area contributed by atoms with Crippen LogP contribution < -0.4 is 20.7 Å². The molecule has 3 rings (SSSR count). The van der Waals surface area contributed by atoms with Crippen LogP contribution in [-0.4, -0.2) is 24.0 Å². The fourth-order valence-corrected chi connectivity index (χ4v) is 3.94. The highest BCUT2D eigenvalue weighted by Crippen LogP contribution is 2.32. The van der Waals surface area contributed by atoms with Crippen LogP contribution >= 0.6 is 46.8 Å². The molecule has 3 aromatic rings. The molecule has 0 aliphatic rings. The Morgan fingerprint density at radius 3 is 2.40 bits per heavy atom. The maximum Gasteiger partial charge on any atom is 0.265 e. The van der Waals surface area contributed by atoms with E-state index < -0.39 is 5.91 Å². The summed E-state index contributed by atoms with van der Waals surface area (Å²) >= 11 is 18.6. The Morgan fingerprint density at radius 1 is 1.00 bits per heavy atom. The van der Waals surface area contributed by atoms with Crippen molar-refractivity contribution in [2.45, 2.75) is 0 Å². The third-order valence-electron chi connectivity index (χ3n) is 3.81. The molecule has 0 saturated heterocycles. The van der Waals surface area contributed by atoms with Crippen LogP contribution in [0.1, 0.15) is 20.0 Å². The quantitative estimate of drug-likeness (QED) is 0.424. The van der Waals surface area contributed by atoms with E-state index >= 15 is 0 Å². The summed E-state index contributed by atoms with van der Waals surface area (Å²) in [4.78, 5) is 25.4. The number of hydrogen-bond donors (Lipinski definition) is 3. The molecule has 0 fully saturated rings. The lowest BCUT2D eigenvalue weighted by molar-refractivity contribution is 0.0973. The molecule has 0 bridgehead atoms. The van der Waals surface area contributed by atoms with Crippen molar-refractivity contribution in [1.82, 2.24) is 5.32 Å². The standard InChI is InChI=1S/C20H15Cl2N3O3S2/c1-28-17-14(8-11(21)9-15(17)22)18(26)25-20(29)24-13-5-2-4-12(10-13)23-19(27)16-6-3-7-30-16/h2-10H,1H3,(H,23,27)(H2,24,25,26,29). The predicted molar refractivity (Wildman–Crippen MR) is 125 cm³/mol. The summed E-state index contributed by atoms with van der Waals surface area (Å²) in [5, 5.41) is 10.7. The van der Waals surface area contributed by atoms with Gasteiger partial charge in [-0.25, -0.2) is 0 Å². The molecule has 3 N–H and O–H groups in total. The number of halogens is 2. The van der Waals surface area contributed by atoms with Gasteiger partial charge in [0.15, 0.2) is 5.11 Å². The fourth-order valence-electron chi connectivity index (χ4n) is 2.54. The van der Waals surface area contributed by atoms with E-state index in [2.05, 4.69) is 16.0 Å². The molecule has 0 radical (unpaired) electrons. The zero-order valence-electron chi connectivity index (χ0n) is 15.5. The number of rotatable bonds is 5. The summed E-state index contributed by atoms with van der Waals surface area (Å²) in [6.45, 7) is 0. The van der Waals surface area contributed by atoms with Gasteiger partial charge in [0.2, 0.25) is 0 Å². The van der Waals surface area contributed by atoms with Gasteiger partial charge in [0, 0.05) is 16.4 Å². The van der Waals surface area contributed by atoms with E-state index in [0.717, 1.165) is 0 Å². The van der Waals surface area contributed by atoms with Crippen LogP contribution in [0.4, 0.5) is 11.4 Å². The second kappa shape index (κ2) is 9.90. The van der Waals surface area contributed by atoms with Crippen LogP contribution in [0.3, 0.4) is 0 Å². The predicted octanol–water partition coefficient (Wildman–Crippen LogP) is 5.44. The summed E-state index contributed by atoms with van der Waals surface area (Å²) < 4.78 is 5.18. The van der Waals surface area contributed by atoms with E-state index in [0.29, 0.717) is 21.3 Å². The van der Waals surface area contributed by atoms with Gasteiger partial charge in [-0.3, -0.25) is 14.9 Å². The van der Waals surface area contributed by atoms with E-state index in [4.69, 9.17) is 40.2 Å². The van der Waals surface area contributed by atoms with Crippen molar-refractivity contribution in [3.05, 3.63) is 74.4 Å². The zero-order valence-corrected chi connectivity index (χ0v) is 18.6. The molecule has 0 atom stereocenters. The largest absolute Gasteiger partial charge is 0.494 e. The van der Waals surface area contributed by atoms with Crippen molar-refractivity contribution in [3.8, 4) is 5.75 Å². The average molecular weight is 480 g/mol. The number of carbonyl (C=O) groups excluding carboxylic acids is 2. The molecular formula is C20H15Cl2N3O3S2. The molecule has 2 amide bonds. The maximum absolute atomic E-state index is 12.6. The highest BCUT2D eigenvalue weighted by Gasteiger charge is 2.18. The molecule has 6 nitrogen and oxygen atoms in total. The van der Waals surface area contributed by atoms with Crippen LogP contribution in [-0.2, 0) is 0 Å². The smallest absolute Gasteiger partial charge is 0.265 e. The highest BCUT2D eigenvalue weighted by molar-refractivity contribution is 7.80. The first kappa shape index (κ1) is 22.0. The lowest BCUT2D eigenvalue weighted by Gasteiger charge is -2.13. The number of thiophene rings is 1. The first-order chi connectivity index (χ1) is 14.4. The monoisotopic (exact) mass is 479 g/mol. The van der Waals surface area contributed by atoms with Gasteiger partial charge < -0.3 is 15.4 Å². The van der Waals surface area contributed by atoms with Crippen molar-refractivity contribution in [2.24, 2.45) is 0 Å². The van der Waals surface area contributed by atoms with Gasteiger partial charge in [0.25, 0.3) is 11.8 Å². The molecule has 0 aliphatic carbocycles. The molecule has 1 heterocycles. The zero-order chi connectivity index (χ0) is 21.7. The van der Waals surface area contributed by atoms with Crippen LogP contribution in [0, 0.1) is 0 Å². The van der Waals surface area contributed by atoms with E-state index in [-0.39, 0.29) is 27.4 Å². The minimum absolute atomic E-state index is 0.0554. The number of thiocarbonyl (C=S) groups is 1. The van der Waals surface area contributed by atoms with Gasteiger partial charge in [-0.1, -0.05) is 35.3 Å². The third-order valence-corrected chi connectivity index (χ3v) is 5.38. The van der Waals surface area contributed by atoms with E-state index in [1.54, 1.807) is 36.4 Å². The molecule has 0 aliphatic heterocycles. The van der Waals surface area contributed by atoms with Gasteiger partial charge in [-0.2, -0.15) is 0 Å². The number of hydrogen-bond acceptors (Lipinski definition) is 5. The molecule has 10 heteroatoms. The molecule has 30 heavy (non-hydrogen) atoms. The summed E-state index contributed by atoms with van der Waals surface area (Å²) in [5.74, 6) is -0.543. The van der Waals surface area contributed by atoms with Crippen molar-refractivity contribution in [2.75, 3.05) is 17.7 Å². The number of methoxy groups -OCH3 is 1. The second-order valence-electron chi connectivity index (χ2n) is 5.89. The van der Waals surface area contributed by atoms with E-state index in [9.17, 15) is 9.59 Å². The van der Waals surface area contributed by atoms with Crippen molar-refractivity contribution in [3.63, 3.8) is 0 Å². The van der Waals surface area contributed by atoms with Gasteiger partial charge in [-0.15, -0.1) is 11.3 Å². The lowest BCUT2D eigenvalue weighted by Crippen LogP contribution is -2.34. The van der Waals surface area contributed by atoms with Gasteiger partial charge in [0.05, 0.1) is 22.6 Å². The molecule has 1 aromatic heterocycles. The number of amides is 2. The maximum atomic E-state index is 12.6. The van der Waals surface area contributed by atoms with Crippen molar-refractivity contribution >= 4 is 75.1 Å². The SMILES string of the molecule is COc1c(Cl)cc(Cl)cc1C(=O)NC(=S)Nc1cccc(NC(=O)c2cccs2)c1. The molecule has 0 saturated carbocycles. The van der Waals surface area contributed by atoms with Gasteiger partial charge in [0.1, 0.15) is 5.75 Å². The normalized spacial score (nSPS) is 10.2. The highest BCUT2D eigenvalue weighted by atomic mass is 35.5. The Bertz CT molecular complexity index is 1100. The summed E-state index contributed by atoms with van der Waals surface area (Å²) in [6.07, 6.45) is 0. The second-order valence-corrected chi connectivity index (χ2v) is 8.09. The Balaban J connectivity index is 1.67. The first-order valence-corrected chi connectivity index (χ1v) is 10.5. The van der Waals surface area contributed by atoms with E-state index in [1.165, 1.54) is 30.6 Å². The molecule has 154 valence electrons. The van der Waals surface area contributed by atoms with Crippen molar-refractivity contribution < 1.29 is 14.3 Å². The Labute approximate surface area is 192 Å². The molecule has 0 spiro atoms. The van der Waals surface area contributed by atoms with Crippen LogP contribution in [0.5, 0.6) is 5.75 Å². The minimum Gasteiger partial charge on any atom is -0.494 e. The topological polar surface area (TPSA) is 79.5 Å². The number of nitrogens with one attached hydrogen (secondary N) is 3. The minimum atomic E-state index is -0.532. The van der Waals surface area contributed by atoms with Gasteiger partial charge >= 0.3 is 0 Å². The van der Waals surface area contributed by atoms with Crippen LogP contribution in [0.25, 0.3) is 0 Å². The van der Waals surface area contributed by atoms with Gasteiger partial charge in [-0.05, 0) is 54.0 Å². The molecule has 0 unspecified atom stereocenters. The molecule has 2 aromatic carbocycles. The van der Waals surface area contributed by atoms with Crippen LogP contribution in [0.15, 0.2) is 53.9 Å². The summed E-state index contributed by atoms with van der Waals surface area (Å²) in [7, 11) is 1.40. The Kier molecular flexibility index (Phi) is 7.28. The van der Waals surface area contributed by atoms with Crippen LogP contribution in [0.2, 0.25) is 10.0 Å². The number of ether oxygens (including phenoxy) is 1. The number of benzene rings is 2. The number of anilines is 2. The Hall–Kier alpha value is -2.65.